The summed E-state index contributed by atoms with van der Waals surface area (Å²) in [6, 6.07) is 9.74. The summed E-state index contributed by atoms with van der Waals surface area (Å²) >= 11 is 1.49. The lowest BCUT2D eigenvalue weighted by Crippen LogP contribution is -2.31. The summed E-state index contributed by atoms with van der Waals surface area (Å²) in [6.45, 7) is 0.0674. The van der Waals surface area contributed by atoms with Gasteiger partial charge in [-0.3, -0.25) is 4.90 Å². The first-order chi connectivity index (χ1) is 9.69. The number of rotatable bonds is 7. The topological polar surface area (TPSA) is 36.4 Å². The third-order valence-corrected chi connectivity index (χ3v) is 3.71. The minimum atomic E-state index is -2.41. The van der Waals surface area contributed by atoms with Gasteiger partial charge in [0.2, 0.25) is 0 Å². The number of halogens is 2. The first-order valence-electron chi connectivity index (χ1n) is 6.30. The van der Waals surface area contributed by atoms with E-state index >= 15 is 0 Å². The highest BCUT2D eigenvalue weighted by Gasteiger charge is 2.14. The number of hydrogen-bond acceptors (Lipinski definition) is 4. The van der Waals surface area contributed by atoms with Crippen LogP contribution in [0.25, 0.3) is 10.6 Å². The van der Waals surface area contributed by atoms with Crippen molar-refractivity contribution in [1.29, 1.82) is 0 Å². The third kappa shape index (κ3) is 4.33. The van der Waals surface area contributed by atoms with Gasteiger partial charge in [-0.2, -0.15) is 0 Å². The van der Waals surface area contributed by atoms with E-state index in [0.717, 1.165) is 16.3 Å². The molecule has 3 nitrogen and oxygen atoms in total. The number of benzene rings is 1. The quantitative estimate of drug-likeness (QED) is 0.854. The van der Waals surface area contributed by atoms with Crippen molar-refractivity contribution in [3.05, 3.63) is 41.4 Å². The van der Waals surface area contributed by atoms with E-state index in [2.05, 4.69) is 4.98 Å². The van der Waals surface area contributed by atoms with Crippen LogP contribution >= 0.6 is 11.3 Å². The van der Waals surface area contributed by atoms with Gasteiger partial charge in [-0.15, -0.1) is 11.3 Å². The van der Waals surface area contributed by atoms with Crippen molar-refractivity contribution in [3.63, 3.8) is 0 Å². The molecule has 108 valence electrons. The molecule has 0 saturated carbocycles. The predicted octanol–water partition coefficient (Wildman–Crippen LogP) is 2.87. The van der Waals surface area contributed by atoms with Gasteiger partial charge in [0.05, 0.1) is 18.8 Å². The Bertz CT molecular complexity index is 519. The Kier molecular flexibility index (Phi) is 5.58. The van der Waals surface area contributed by atoms with Crippen molar-refractivity contribution >= 4 is 11.3 Å². The molecule has 2 aromatic rings. The number of nitrogens with zero attached hydrogens (tertiary/aromatic N) is 2. The highest BCUT2D eigenvalue weighted by molar-refractivity contribution is 7.13. The van der Waals surface area contributed by atoms with Crippen LogP contribution in [0.1, 0.15) is 5.69 Å². The van der Waals surface area contributed by atoms with Crippen LogP contribution in [0.2, 0.25) is 0 Å². The number of hydrogen-bond donors (Lipinski definition) is 1. The maximum Gasteiger partial charge on any atom is 0.251 e. The monoisotopic (exact) mass is 298 g/mol. The molecule has 20 heavy (non-hydrogen) atoms. The molecule has 0 aliphatic heterocycles. The number of alkyl halides is 2. The predicted molar refractivity (Wildman–Crippen MR) is 75.9 cm³/mol. The first kappa shape index (κ1) is 15.0. The molecule has 0 aliphatic carbocycles. The van der Waals surface area contributed by atoms with Gasteiger partial charge in [0.1, 0.15) is 5.01 Å². The number of aromatic nitrogens is 1. The van der Waals surface area contributed by atoms with Crippen LogP contribution in [0.4, 0.5) is 8.78 Å². The van der Waals surface area contributed by atoms with Gasteiger partial charge in [0, 0.05) is 24.0 Å². The number of aliphatic hydroxyl groups is 1. The summed E-state index contributed by atoms with van der Waals surface area (Å²) in [7, 11) is 0. The molecule has 6 heteroatoms. The lowest BCUT2D eigenvalue weighted by molar-refractivity contribution is 0.0741. The summed E-state index contributed by atoms with van der Waals surface area (Å²) < 4.78 is 24.9. The van der Waals surface area contributed by atoms with Crippen molar-refractivity contribution < 1.29 is 13.9 Å². The normalized spacial score (nSPS) is 11.4. The van der Waals surface area contributed by atoms with Gasteiger partial charge in [0.15, 0.2) is 0 Å². The van der Waals surface area contributed by atoms with Crippen LogP contribution < -0.4 is 0 Å². The second-order valence-electron chi connectivity index (χ2n) is 4.36. The molecule has 0 saturated heterocycles. The molecule has 0 amide bonds. The van der Waals surface area contributed by atoms with Crippen molar-refractivity contribution in [1.82, 2.24) is 9.88 Å². The number of thiazole rings is 1. The van der Waals surface area contributed by atoms with E-state index in [0.29, 0.717) is 6.54 Å². The lowest BCUT2D eigenvalue weighted by Gasteiger charge is -2.19. The third-order valence-electron chi connectivity index (χ3n) is 2.77. The van der Waals surface area contributed by atoms with Crippen LogP contribution in [-0.2, 0) is 6.54 Å². The zero-order chi connectivity index (χ0) is 14.4. The zero-order valence-corrected chi connectivity index (χ0v) is 11.7. The first-order valence-corrected chi connectivity index (χ1v) is 7.18. The summed E-state index contributed by atoms with van der Waals surface area (Å²) in [5.41, 5.74) is 1.77. The van der Waals surface area contributed by atoms with Crippen molar-refractivity contribution in [3.8, 4) is 10.6 Å². The minimum Gasteiger partial charge on any atom is -0.395 e. The van der Waals surface area contributed by atoms with Crippen LogP contribution in [-0.4, -0.2) is 41.1 Å². The van der Waals surface area contributed by atoms with Gasteiger partial charge in [-0.05, 0) is 0 Å². The van der Waals surface area contributed by atoms with E-state index in [-0.39, 0.29) is 19.7 Å². The molecule has 0 atom stereocenters. The molecule has 0 radical (unpaired) electrons. The maximum absolute atomic E-state index is 12.4. The molecular weight excluding hydrogens is 282 g/mol. The highest BCUT2D eigenvalue weighted by atomic mass is 32.1. The average molecular weight is 298 g/mol. The van der Waals surface area contributed by atoms with E-state index in [1.807, 2.05) is 35.7 Å². The molecule has 0 aliphatic rings. The summed E-state index contributed by atoms with van der Waals surface area (Å²) in [5, 5.41) is 11.7. The smallest absolute Gasteiger partial charge is 0.251 e. The van der Waals surface area contributed by atoms with Gasteiger partial charge in [-0.1, -0.05) is 30.3 Å². The largest absolute Gasteiger partial charge is 0.395 e. The molecule has 0 spiro atoms. The molecule has 1 N–H and O–H groups in total. The fraction of sp³-hybridized carbons (Fsp3) is 0.357. The molecule has 1 aromatic carbocycles. The summed E-state index contributed by atoms with van der Waals surface area (Å²) in [5.74, 6) is 0. The Hall–Kier alpha value is -1.37. The summed E-state index contributed by atoms with van der Waals surface area (Å²) in [4.78, 5) is 5.97. The van der Waals surface area contributed by atoms with Crippen molar-refractivity contribution in [2.75, 3.05) is 19.7 Å². The second-order valence-corrected chi connectivity index (χ2v) is 5.22. The zero-order valence-electron chi connectivity index (χ0n) is 10.9. The lowest BCUT2D eigenvalue weighted by atomic mass is 10.2. The highest BCUT2D eigenvalue weighted by Crippen LogP contribution is 2.23. The molecule has 1 heterocycles. The van der Waals surface area contributed by atoms with Gasteiger partial charge >= 0.3 is 0 Å². The van der Waals surface area contributed by atoms with E-state index in [9.17, 15) is 8.78 Å². The van der Waals surface area contributed by atoms with E-state index in [4.69, 9.17) is 5.11 Å². The van der Waals surface area contributed by atoms with Gasteiger partial charge in [-0.25, -0.2) is 13.8 Å². The Morgan fingerprint density at radius 2 is 2.00 bits per heavy atom. The van der Waals surface area contributed by atoms with E-state index in [1.165, 1.54) is 16.2 Å². The van der Waals surface area contributed by atoms with Crippen LogP contribution in [0.15, 0.2) is 35.7 Å². The fourth-order valence-electron chi connectivity index (χ4n) is 1.89. The van der Waals surface area contributed by atoms with E-state index < -0.39 is 6.43 Å². The number of aliphatic hydroxyl groups excluding tert-OH is 1. The molecule has 1 aromatic heterocycles. The standard InChI is InChI=1S/C14H16F2N2OS/c15-13(16)9-18(6-7-19)8-12-10-20-14(17-12)11-4-2-1-3-5-11/h1-5,10,13,19H,6-9H2. The SMILES string of the molecule is OCCN(Cc1csc(-c2ccccc2)n1)CC(F)F. The van der Waals surface area contributed by atoms with E-state index in [1.54, 1.807) is 0 Å². The Morgan fingerprint density at radius 3 is 2.65 bits per heavy atom. The van der Waals surface area contributed by atoms with Gasteiger partial charge < -0.3 is 5.11 Å². The minimum absolute atomic E-state index is 0.137. The van der Waals surface area contributed by atoms with Crippen molar-refractivity contribution in [2.24, 2.45) is 0 Å². The summed E-state index contributed by atoms with van der Waals surface area (Å²) in [6.07, 6.45) is -2.41. The molecule has 0 bridgehead atoms. The van der Waals surface area contributed by atoms with Gasteiger partial charge in [0.25, 0.3) is 6.43 Å². The average Bonchev–Trinajstić information content (AvgIpc) is 2.88. The Labute approximate surface area is 120 Å². The Morgan fingerprint density at radius 1 is 1.25 bits per heavy atom. The van der Waals surface area contributed by atoms with Crippen molar-refractivity contribution in [2.45, 2.75) is 13.0 Å². The molecular formula is C14H16F2N2OS. The molecule has 0 unspecified atom stereocenters. The molecule has 0 fully saturated rings. The van der Waals surface area contributed by atoms with Crippen LogP contribution in [0, 0.1) is 0 Å². The molecule has 2 rings (SSSR count). The van der Waals surface area contributed by atoms with Crippen LogP contribution in [0.5, 0.6) is 0 Å². The maximum atomic E-state index is 12.4. The second kappa shape index (κ2) is 7.42. The fourth-order valence-corrected chi connectivity index (χ4v) is 2.71. The Balaban J connectivity index is 2.04. The van der Waals surface area contributed by atoms with Crippen LogP contribution in [0.3, 0.4) is 0 Å².